The molecule has 0 atom stereocenters. The summed E-state index contributed by atoms with van der Waals surface area (Å²) in [5.74, 6) is 1.53. The van der Waals surface area contributed by atoms with Crippen molar-refractivity contribution in [3.8, 4) is 23.0 Å². The van der Waals surface area contributed by atoms with Crippen molar-refractivity contribution < 1.29 is 18.7 Å². The predicted octanol–water partition coefficient (Wildman–Crippen LogP) is 6.54. The van der Waals surface area contributed by atoms with Crippen LogP contribution in [-0.4, -0.2) is 25.1 Å². The number of nitrogens with one attached hydrogen (secondary N) is 1. The van der Waals surface area contributed by atoms with Crippen molar-refractivity contribution in [2.24, 2.45) is 0 Å². The van der Waals surface area contributed by atoms with Crippen molar-refractivity contribution in [1.29, 1.82) is 0 Å². The van der Waals surface area contributed by atoms with Gasteiger partial charge in [0.05, 0.1) is 24.9 Å². The van der Waals surface area contributed by atoms with Crippen molar-refractivity contribution in [3.05, 3.63) is 70.7 Å². The number of methoxy groups -OCH3 is 2. The minimum absolute atomic E-state index is 0.347. The Hall–Kier alpha value is -3.51. The molecular weight excluding hydrogens is 428 g/mol. The first-order valence-corrected chi connectivity index (χ1v) is 10.5. The highest BCUT2D eigenvalue weighted by atomic mass is 35.5. The number of fused-ring (bicyclic) bond motifs is 1. The van der Waals surface area contributed by atoms with Gasteiger partial charge in [0.15, 0.2) is 5.58 Å². The first-order valence-electron chi connectivity index (χ1n) is 10.1. The van der Waals surface area contributed by atoms with E-state index < -0.39 is 0 Å². The quantitative estimate of drug-likeness (QED) is 0.361. The van der Waals surface area contributed by atoms with Crippen LogP contribution in [0.15, 0.2) is 59.0 Å². The second-order valence-electron chi connectivity index (χ2n) is 7.65. The van der Waals surface area contributed by atoms with Gasteiger partial charge in [-0.1, -0.05) is 31.5 Å². The Bertz CT molecular complexity index is 1270. The summed E-state index contributed by atoms with van der Waals surface area (Å²) < 4.78 is 16.4. The van der Waals surface area contributed by atoms with Gasteiger partial charge in [0, 0.05) is 17.2 Å². The molecule has 0 aliphatic heterocycles. The Balaban J connectivity index is 1.65. The Kier molecular flexibility index (Phi) is 6.06. The molecule has 0 aliphatic carbocycles. The van der Waals surface area contributed by atoms with E-state index in [1.807, 2.05) is 18.2 Å². The van der Waals surface area contributed by atoms with Gasteiger partial charge in [-0.15, -0.1) is 0 Å². The maximum absolute atomic E-state index is 12.9. The summed E-state index contributed by atoms with van der Waals surface area (Å²) in [7, 11) is 3.06. The molecule has 6 nitrogen and oxygen atoms in total. The predicted molar refractivity (Wildman–Crippen MR) is 126 cm³/mol. The zero-order valence-corrected chi connectivity index (χ0v) is 19.0. The van der Waals surface area contributed by atoms with Gasteiger partial charge in [-0.25, -0.2) is 4.98 Å². The zero-order chi connectivity index (χ0) is 22.8. The zero-order valence-electron chi connectivity index (χ0n) is 18.2. The summed E-state index contributed by atoms with van der Waals surface area (Å²) in [5.41, 5.74) is 4.21. The van der Waals surface area contributed by atoms with E-state index in [9.17, 15) is 4.79 Å². The molecule has 0 unspecified atom stereocenters. The maximum Gasteiger partial charge on any atom is 0.255 e. The van der Waals surface area contributed by atoms with Crippen LogP contribution in [0.25, 0.3) is 22.6 Å². The number of rotatable bonds is 6. The molecule has 0 aliphatic rings. The number of carbonyl (C=O) groups excluding carboxylic acids is 1. The number of ether oxygens (including phenoxy) is 2. The molecule has 164 valence electrons. The molecule has 32 heavy (non-hydrogen) atoms. The van der Waals surface area contributed by atoms with Crippen LogP contribution in [0.3, 0.4) is 0 Å². The van der Waals surface area contributed by atoms with Crippen LogP contribution in [0.4, 0.5) is 5.69 Å². The second kappa shape index (κ2) is 8.93. The van der Waals surface area contributed by atoms with E-state index in [1.165, 1.54) is 19.8 Å². The minimum atomic E-state index is -0.347. The molecule has 7 heteroatoms. The van der Waals surface area contributed by atoms with Crippen molar-refractivity contribution in [2.45, 2.75) is 19.8 Å². The smallest absolute Gasteiger partial charge is 0.255 e. The molecule has 4 rings (SSSR count). The molecule has 1 amide bonds. The summed E-state index contributed by atoms with van der Waals surface area (Å²) in [6.07, 6.45) is 0. The number of oxazole rings is 1. The number of carbonyl (C=O) groups is 1. The molecule has 1 N–H and O–H groups in total. The van der Waals surface area contributed by atoms with Crippen molar-refractivity contribution in [2.75, 3.05) is 19.5 Å². The number of hydrogen-bond acceptors (Lipinski definition) is 5. The Morgan fingerprint density at radius 3 is 2.38 bits per heavy atom. The van der Waals surface area contributed by atoms with Crippen LogP contribution < -0.4 is 14.8 Å². The maximum atomic E-state index is 12.9. The lowest BCUT2D eigenvalue weighted by atomic mass is 10.0. The number of halogens is 1. The van der Waals surface area contributed by atoms with Crippen molar-refractivity contribution in [3.63, 3.8) is 0 Å². The van der Waals surface area contributed by atoms with Crippen LogP contribution in [0.1, 0.15) is 35.7 Å². The van der Waals surface area contributed by atoms with Gasteiger partial charge in [-0.2, -0.15) is 0 Å². The van der Waals surface area contributed by atoms with E-state index in [4.69, 9.17) is 25.5 Å². The summed E-state index contributed by atoms with van der Waals surface area (Å²) in [5, 5.41) is 3.24. The van der Waals surface area contributed by atoms with E-state index in [1.54, 1.807) is 36.4 Å². The van der Waals surface area contributed by atoms with Crippen LogP contribution in [0.5, 0.6) is 11.5 Å². The first kappa shape index (κ1) is 21.7. The van der Waals surface area contributed by atoms with E-state index in [0.29, 0.717) is 50.7 Å². The molecule has 0 spiro atoms. The highest BCUT2D eigenvalue weighted by molar-refractivity contribution is 6.34. The summed E-state index contributed by atoms with van der Waals surface area (Å²) in [6.45, 7) is 4.27. The lowest BCUT2D eigenvalue weighted by Gasteiger charge is -2.11. The SMILES string of the molecule is COc1cc(OC)cc(C(=O)Nc2cc(-c3nc4cc(C(C)C)ccc4o3)ccc2Cl)c1. The minimum Gasteiger partial charge on any atom is -0.497 e. The average molecular weight is 451 g/mol. The van der Waals surface area contributed by atoms with Crippen molar-refractivity contribution >= 4 is 34.3 Å². The highest BCUT2D eigenvalue weighted by Gasteiger charge is 2.15. The molecule has 0 saturated carbocycles. The fourth-order valence-corrected chi connectivity index (χ4v) is 3.48. The summed E-state index contributed by atoms with van der Waals surface area (Å²) in [4.78, 5) is 17.5. The van der Waals surface area contributed by atoms with E-state index in [2.05, 4.69) is 24.1 Å². The average Bonchev–Trinajstić information content (AvgIpc) is 3.23. The number of hydrogen-bond donors (Lipinski definition) is 1. The summed E-state index contributed by atoms with van der Waals surface area (Å²) in [6, 6.07) is 16.2. The van der Waals surface area contributed by atoms with Gasteiger partial charge in [-0.3, -0.25) is 4.79 Å². The number of benzene rings is 3. The lowest BCUT2D eigenvalue weighted by Crippen LogP contribution is -2.12. The third kappa shape index (κ3) is 4.41. The molecule has 4 aromatic rings. The standard InChI is InChI=1S/C25H23ClN2O4/c1-14(2)15-6-8-23-22(11-15)28-25(32-23)16-5-7-20(26)21(12-16)27-24(29)17-9-18(30-3)13-19(10-17)31-4/h5-14H,1-4H3,(H,27,29). The van der Waals surface area contributed by atoms with E-state index in [0.717, 1.165) is 5.52 Å². The second-order valence-corrected chi connectivity index (χ2v) is 8.06. The van der Waals surface area contributed by atoms with Gasteiger partial charge in [-0.05, 0) is 53.9 Å². The molecule has 1 heterocycles. The third-order valence-corrected chi connectivity index (χ3v) is 5.48. The number of aromatic nitrogens is 1. The fraction of sp³-hybridized carbons (Fsp3) is 0.200. The largest absolute Gasteiger partial charge is 0.497 e. The van der Waals surface area contributed by atoms with E-state index >= 15 is 0 Å². The van der Waals surface area contributed by atoms with Gasteiger partial charge in [0.2, 0.25) is 5.89 Å². The van der Waals surface area contributed by atoms with Gasteiger partial charge in [0.1, 0.15) is 17.0 Å². The fourth-order valence-electron chi connectivity index (χ4n) is 3.31. The van der Waals surface area contributed by atoms with E-state index in [-0.39, 0.29) is 5.91 Å². The van der Waals surface area contributed by atoms with Crippen LogP contribution in [0.2, 0.25) is 5.02 Å². The van der Waals surface area contributed by atoms with Gasteiger partial charge < -0.3 is 19.2 Å². The molecule has 0 radical (unpaired) electrons. The number of nitrogens with zero attached hydrogens (tertiary/aromatic N) is 1. The lowest BCUT2D eigenvalue weighted by molar-refractivity contribution is 0.102. The van der Waals surface area contributed by atoms with Crippen LogP contribution in [0, 0.1) is 0 Å². The normalized spacial score (nSPS) is 11.1. The van der Waals surface area contributed by atoms with Crippen LogP contribution in [-0.2, 0) is 0 Å². The molecule has 0 fully saturated rings. The highest BCUT2D eigenvalue weighted by Crippen LogP contribution is 2.32. The van der Waals surface area contributed by atoms with Gasteiger partial charge in [0.25, 0.3) is 5.91 Å². The third-order valence-electron chi connectivity index (χ3n) is 5.15. The molecular formula is C25H23ClN2O4. The molecule has 1 aromatic heterocycles. The molecule has 0 bridgehead atoms. The first-order chi connectivity index (χ1) is 15.4. The monoisotopic (exact) mass is 450 g/mol. The number of anilines is 1. The molecule has 0 saturated heterocycles. The van der Waals surface area contributed by atoms with Crippen molar-refractivity contribution in [1.82, 2.24) is 4.98 Å². The Labute approximate surface area is 191 Å². The molecule has 3 aromatic carbocycles. The summed E-state index contributed by atoms with van der Waals surface area (Å²) >= 11 is 6.35. The topological polar surface area (TPSA) is 73.6 Å². The Morgan fingerprint density at radius 1 is 1.00 bits per heavy atom. The number of amides is 1. The Morgan fingerprint density at radius 2 is 1.72 bits per heavy atom. The van der Waals surface area contributed by atoms with Gasteiger partial charge >= 0.3 is 0 Å². The van der Waals surface area contributed by atoms with Crippen LogP contribution >= 0.6 is 11.6 Å².